The van der Waals surface area contributed by atoms with Crippen LogP contribution in [-0.4, -0.2) is 54.0 Å². The van der Waals surface area contributed by atoms with Crippen LogP contribution in [0, 0.1) is 11.8 Å². The molecule has 2 rings (SSSR count). The second-order valence-electron chi connectivity index (χ2n) is 6.93. The van der Waals surface area contributed by atoms with E-state index in [4.69, 9.17) is 0 Å². The van der Waals surface area contributed by atoms with Gasteiger partial charge in [0.1, 0.15) is 0 Å². The predicted octanol–water partition coefficient (Wildman–Crippen LogP) is 3.13. The first-order valence-electron chi connectivity index (χ1n) is 8.61. The van der Waals surface area contributed by atoms with E-state index in [9.17, 15) is 9.59 Å². The quantitative estimate of drug-likeness (QED) is 0.768. The maximum absolute atomic E-state index is 13.0. The highest BCUT2D eigenvalue weighted by Gasteiger charge is 2.33. The van der Waals surface area contributed by atoms with Gasteiger partial charge < -0.3 is 9.80 Å². The average Bonchev–Trinajstić information content (AvgIpc) is 2.59. The Balaban J connectivity index is 1.97. The van der Waals surface area contributed by atoms with E-state index in [2.05, 4.69) is 26.0 Å². The van der Waals surface area contributed by atoms with Crippen LogP contribution in [-0.2, 0) is 9.59 Å². The Labute approximate surface area is 149 Å². The van der Waals surface area contributed by atoms with E-state index >= 15 is 0 Å². The van der Waals surface area contributed by atoms with Gasteiger partial charge in [-0.2, -0.15) is 0 Å². The molecule has 0 saturated carbocycles. The molecule has 1 aliphatic rings. The number of hydrogen-bond donors (Lipinski definition) is 0. The number of hydrogen-bond acceptors (Lipinski definition) is 3. The third kappa shape index (κ3) is 4.76. The average molecular weight is 349 g/mol. The lowest BCUT2D eigenvalue weighted by atomic mass is 9.95. The summed E-state index contributed by atoms with van der Waals surface area (Å²) in [6.07, 6.45) is 1.53. The Hall–Kier alpha value is -1.49. The van der Waals surface area contributed by atoms with Crippen molar-refractivity contribution >= 4 is 23.6 Å². The highest BCUT2D eigenvalue weighted by atomic mass is 32.2. The molecule has 1 atom stereocenters. The van der Waals surface area contributed by atoms with E-state index in [0.29, 0.717) is 13.1 Å². The lowest BCUT2D eigenvalue weighted by Gasteiger charge is -2.35. The van der Waals surface area contributed by atoms with Crippen molar-refractivity contribution in [3.63, 3.8) is 0 Å². The van der Waals surface area contributed by atoms with Crippen LogP contribution in [0.4, 0.5) is 0 Å². The number of nitrogens with zero attached hydrogens (tertiary/aromatic N) is 2. The molecule has 0 unspecified atom stereocenters. The molecule has 2 amide bonds. The zero-order valence-electron chi connectivity index (χ0n) is 15.1. The highest BCUT2D eigenvalue weighted by molar-refractivity contribution is 8.00. The number of amides is 2. The minimum atomic E-state index is -0.0755. The number of carbonyl (C=O) groups is 2. The largest absolute Gasteiger partial charge is 0.349 e. The topological polar surface area (TPSA) is 40.6 Å². The predicted molar refractivity (Wildman–Crippen MR) is 98.9 cm³/mol. The highest BCUT2D eigenvalue weighted by Crippen LogP contribution is 2.31. The van der Waals surface area contributed by atoms with Crippen molar-refractivity contribution < 1.29 is 9.59 Å². The third-order valence-electron chi connectivity index (χ3n) is 4.45. The summed E-state index contributed by atoms with van der Waals surface area (Å²) in [5, 5.41) is -0.0755. The monoisotopic (exact) mass is 348 g/mol. The summed E-state index contributed by atoms with van der Waals surface area (Å²) in [6.45, 7) is 5.56. The van der Waals surface area contributed by atoms with Crippen molar-refractivity contribution in [2.24, 2.45) is 11.8 Å². The first kappa shape index (κ1) is 18.8. The van der Waals surface area contributed by atoms with Gasteiger partial charge in [0.15, 0.2) is 0 Å². The van der Waals surface area contributed by atoms with Crippen LogP contribution >= 0.6 is 11.8 Å². The zero-order valence-corrected chi connectivity index (χ0v) is 15.9. The standard InChI is InChI=1S/C19H28N2O2S/c1-14(2)17(24-16-8-6-5-7-9-16)19(23)21-12-10-15(11-13-21)18(22)20(3)4/h5-9,14-15,17H,10-13H2,1-4H3/t17-/m1/s1. The number of benzene rings is 1. The van der Waals surface area contributed by atoms with E-state index in [0.717, 1.165) is 17.7 Å². The molecule has 132 valence electrons. The Bertz CT molecular complexity index is 552. The SMILES string of the molecule is CC(C)[C@@H](Sc1ccccc1)C(=O)N1CCC(C(=O)N(C)C)CC1. The molecular weight excluding hydrogens is 320 g/mol. The van der Waals surface area contributed by atoms with Gasteiger partial charge in [0.2, 0.25) is 11.8 Å². The minimum absolute atomic E-state index is 0.0586. The van der Waals surface area contributed by atoms with Crippen LogP contribution in [0.2, 0.25) is 0 Å². The van der Waals surface area contributed by atoms with E-state index in [1.165, 1.54) is 0 Å². The molecule has 0 bridgehead atoms. The number of thioether (sulfide) groups is 1. The Morgan fingerprint density at radius 2 is 1.71 bits per heavy atom. The van der Waals surface area contributed by atoms with Crippen molar-refractivity contribution in [2.75, 3.05) is 27.2 Å². The third-order valence-corrected chi connectivity index (χ3v) is 6.00. The Kier molecular flexibility index (Phi) is 6.72. The smallest absolute Gasteiger partial charge is 0.236 e. The van der Waals surface area contributed by atoms with E-state index in [1.807, 2.05) is 23.1 Å². The number of carbonyl (C=O) groups excluding carboxylic acids is 2. The fourth-order valence-corrected chi connectivity index (χ4v) is 4.14. The first-order valence-corrected chi connectivity index (χ1v) is 9.49. The summed E-state index contributed by atoms with van der Waals surface area (Å²) >= 11 is 1.64. The van der Waals surface area contributed by atoms with E-state index < -0.39 is 0 Å². The van der Waals surface area contributed by atoms with Crippen LogP contribution in [0.15, 0.2) is 35.2 Å². The van der Waals surface area contributed by atoms with Crippen LogP contribution in [0.25, 0.3) is 0 Å². The second kappa shape index (κ2) is 8.56. The lowest BCUT2D eigenvalue weighted by molar-refractivity contribution is -0.139. The van der Waals surface area contributed by atoms with Gasteiger partial charge >= 0.3 is 0 Å². The number of rotatable bonds is 5. The lowest BCUT2D eigenvalue weighted by Crippen LogP contribution is -2.46. The van der Waals surface area contributed by atoms with Gasteiger partial charge in [-0.15, -0.1) is 11.8 Å². The number of piperidine rings is 1. The molecule has 24 heavy (non-hydrogen) atoms. The van der Waals surface area contributed by atoms with E-state index in [1.54, 1.807) is 30.8 Å². The van der Waals surface area contributed by atoms with Crippen LogP contribution in [0.1, 0.15) is 26.7 Å². The zero-order chi connectivity index (χ0) is 17.7. The molecule has 1 aliphatic heterocycles. The van der Waals surface area contributed by atoms with Crippen molar-refractivity contribution in [1.29, 1.82) is 0 Å². The molecule has 0 radical (unpaired) electrons. The molecule has 0 N–H and O–H groups in total. The van der Waals surface area contributed by atoms with E-state index in [-0.39, 0.29) is 28.9 Å². The molecular formula is C19H28N2O2S. The van der Waals surface area contributed by atoms with Crippen molar-refractivity contribution in [3.8, 4) is 0 Å². The maximum atomic E-state index is 13.0. The molecule has 1 heterocycles. The second-order valence-corrected chi connectivity index (χ2v) is 8.14. The summed E-state index contributed by atoms with van der Waals surface area (Å²) in [4.78, 5) is 29.8. The van der Waals surface area contributed by atoms with Gasteiger partial charge in [-0.3, -0.25) is 9.59 Å². The fourth-order valence-electron chi connectivity index (χ4n) is 3.01. The molecule has 1 saturated heterocycles. The molecule has 1 fully saturated rings. The van der Waals surface area contributed by atoms with Gasteiger partial charge in [-0.1, -0.05) is 32.0 Å². The fraction of sp³-hybridized carbons (Fsp3) is 0.579. The summed E-state index contributed by atoms with van der Waals surface area (Å²) < 4.78 is 0. The molecule has 5 heteroatoms. The van der Waals surface area contributed by atoms with Gasteiger partial charge in [-0.25, -0.2) is 0 Å². The van der Waals surface area contributed by atoms with Gasteiger partial charge in [-0.05, 0) is 30.9 Å². The summed E-state index contributed by atoms with van der Waals surface area (Å²) in [6, 6.07) is 10.1. The van der Waals surface area contributed by atoms with Crippen LogP contribution in [0.3, 0.4) is 0 Å². The molecule has 0 aliphatic carbocycles. The molecule has 4 nitrogen and oxygen atoms in total. The van der Waals surface area contributed by atoms with Gasteiger partial charge in [0.05, 0.1) is 5.25 Å². The summed E-state index contributed by atoms with van der Waals surface area (Å²) in [5.74, 6) is 0.711. The molecule has 0 spiro atoms. The minimum Gasteiger partial charge on any atom is -0.349 e. The van der Waals surface area contributed by atoms with Crippen molar-refractivity contribution in [1.82, 2.24) is 9.80 Å². The maximum Gasteiger partial charge on any atom is 0.236 e. The normalized spacial score (nSPS) is 17.0. The van der Waals surface area contributed by atoms with Crippen LogP contribution < -0.4 is 0 Å². The van der Waals surface area contributed by atoms with Gasteiger partial charge in [0.25, 0.3) is 0 Å². The molecule has 1 aromatic carbocycles. The summed E-state index contributed by atoms with van der Waals surface area (Å²) in [7, 11) is 3.59. The summed E-state index contributed by atoms with van der Waals surface area (Å²) in [5.41, 5.74) is 0. The first-order chi connectivity index (χ1) is 11.4. The molecule has 1 aromatic rings. The number of likely N-dealkylation sites (tertiary alicyclic amines) is 1. The molecule has 0 aromatic heterocycles. The van der Waals surface area contributed by atoms with Crippen LogP contribution in [0.5, 0.6) is 0 Å². The van der Waals surface area contributed by atoms with Gasteiger partial charge in [0, 0.05) is 38.0 Å². The Morgan fingerprint density at radius 1 is 1.12 bits per heavy atom. The Morgan fingerprint density at radius 3 is 2.21 bits per heavy atom. The van der Waals surface area contributed by atoms with Crippen molar-refractivity contribution in [3.05, 3.63) is 30.3 Å². The van der Waals surface area contributed by atoms with Crippen molar-refractivity contribution in [2.45, 2.75) is 36.8 Å².